The number of carbonyl (C=O) groups excluding carboxylic acids is 2. The summed E-state index contributed by atoms with van der Waals surface area (Å²) in [5.74, 6) is -0.111. The molecule has 0 aliphatic rings. The second-order valence-electron chi connectivity index (χ2n) is 3.60. The van der Waals surface area contributed by atoms with Gasteiger partial charge in [-0.05, 0) is 19.1 Å². The molecule has 94 valence electrons. The maximum atomic E-state index is 11.5. The molecule has 5 nitrogen and oxygen atoms in total. The van der Waals surface area contributed by atoms with Gasteiger partial charge in [-0.2, -0.15) is 0 Å². The number of furan rings is 1. The van der Waals surface area contributed by atoms with Gasteiger partial charge in [-0.3, -0.25) is 9.59 Å². The van der Waals surface area contributed by atoms with Gasteiger partial charge in [0.15, 0.2) is 0 Å². The van der Waals surface area contributed by atoms with Crippen molar-refractivity contribution in [3.8, 4) is 0 Å². The van der Waals surface area contributed by atoms with Gasteiger partial charge in [0, 0.05) is 13.3 Å². The second-order valence-corrected chi connectivity index (χ2v) is 3.60. The molecule has 0 spiro atoms. The molecule has 1 atom stereocenters. The first-order valence-corrected chi connectivity index (χ1v) is 5.43. The molecule has 0 amide bonds. The summed E-state index contributed by atoms with van der Waals surface area (Å²) in [6, 6.07) is 3.57. The third-order valence-corrected chi connectivity index (χ3v) is 2.27. The third kappa shape index (κ3) is 3.94. The highest BCUT2D eigenvalue weighted by atomic mass is 16.7. The Morgan fingerprint density at radius 2 is 2.06 bits per heavy atom. The Kier molecular flexibility index (Phi) is 4.75. The van der Waals surface area contributed by atoms with Crippen LogP contribution in [0.1, 0.15) is 38.2 Å². The molecule has 1 aromatic rings. The number of esters is 2. The van der Waals surface area contributed by atoms with E-state index in [9.17, 15) is 9.59 Å². The van der Waals surface area contributed by atoms with Gasteiger partial charge in [-0.25, -0.2) is 0 Å². The van der Waals surface area contributed by atoms with Gasteiger partial charge in [0.25, 0.3) is 0 Å². The first kappa shape index (κ1) is 13.3. The summed E-state index contributed by atoms with van der Waals surface area (Å²) in [7, 11) is 0. The van der Waals surface area contributed by atoms with Crippen LogP contribution in [-0.2, 0) is 25.5 Å². The number of carbonyl (C=O) groups is 2. The minimum absolute atomic E-state index is 0.361. The molecule has 0 bridgehead atoms. The van der Waals surface area contributed by atoms with Gasteiger partial charge in [-0.15, -0.1) is 0 Å². The molecule has 1 unspecified atom stereocenters. The van der Waals surface area contributed by atoms with Crippen LogP contribution >= 0.6 is 0 Å². The van der Waals surface area contributed by atoms with E-state index in [4.69, 9.17) is 9.15 Å². The molecule has 0 saturated carbocycles. The van der Waals surface area contributed by atoms with Crippen molar-refractivity contribution in [2.45, 2.75) is 33.1 Å². The van der Waals surface area contributed by atoms with Crippen molar-refractivity contribution < 1.29 is 23.5 Å². The maximum absolute atomic E-state index is 11.5. The van der Waals surface area contributed by atoms with Crippen LogP contribution in [-0.4, -0.2) is 18.7 Å². The van der Waals surface area contributed by atoms with Crippen molar-refractivity contribution in [3.63, 3.8) is 0 Å². The summed E-state index contributed by atoms with van der Waals surface area (Å²) < 4.78 is 14.7. The number of hydrogen-bond donors (Lipinski definition) is 0. The lowest BCUT2D eigenvalue weighted by Gasteiger charge is -2.08. The molecule has 1 aromatic heterocycles. The van der Waals surface area contributed by atoms with Crippen molar-refractivity contribution in [1.82, 2.24) is 0 Å². The van der Waals surface area contributed by atoms with Crippen LogP contribution < -0.4 is 0 Å². The number of aryl methyl sites for hydroxylation is 1. The van der Waals surface area contributed by atoms with Gasteiger partial charge in [0.1, 0.15) is 17.4 Å². The molecule has 0 N–H and O–H groups in total. The van der Waals surface area contributed by atoms with Crippen molar-refractivity contribution >= 4 is 11.9 Å². The second kappa shape index (κ2) is 6.08. The largest absolute Gasteiger partial charge is 0.465 e. The predicted molar refractivity (Wildman–Crippen MR) is 59.2 cm³/mol. The van der Waals surface area contributed by atoms with Crippen LogP contribution in [0, 0.1) is 0 Å². The SMILES string of the molecule is CCc1ccc(C(C)C(=O)OCOC(C)=O)o1. The van der Waals surface area contributed by atoms with Crippen LogP contribution in [0.3, 0.4) is 0 Å². The van der Waals surface area contributed by atoms with Crippen LogP contribution in [0.25, 0.3) is 0 Å². The van der Waals surface area contributed by atoms with Crippen molar-refractivity contribution in [3.05, 3.63) is 23.7 Å². The van der Waals surface area contributed by atoms with Gasteiger partial charge >= 0.3 is 11.9 Å². The lowest BCUT2D eigenvalue weighted by Crippen LogP contribution is -2.16. The predicted octanol–water partition coefficient (Wildman–Crippen LogP) is 2.01. The van der Waals surface area contributed by atoms with Crippen LogP contribution in [0.4, 0.5) is 0 Å². The molecule has 0 saturated heterocycles. The number of ether oxygens (including phenoxy) is 2. The Morgan fingerprint density at radius 3 is 2.59 bits per heavy atom. The van der Waals surface area contributed by atoms with E-state index in [-0.39, 0.29) is 6.79 Å². The highest BCUT2D eigenvalue weighted by Gasteiger charge is 2.20. The molecule has 1 rings (SSSR count). The highest BCUT2D eigenvalue weighted by Crippen LogP contribution is 2.20. The zero-order valence-corrected chi connectivity index (χ0v) is 10.2. The molecule has 1 heterocycles. The fourth-order valence-electron chi connectivity index (χ4n) is 1.23. The Labute approximate surface area is 99.7 Å². The van der Waals surface area contributed by atoms with Crippen molar-refractivity contribution in [1.29, 1.82) is 0 Å². The summed E-state index contributed by atoms with van der Waals surface area (Å²) in [5, 5.41) is 0. The summed E-state index contributed by atoms with van der Waals surface area (Å²) in [5.41, 5.74) is 0. The molecule has 17 heavy (non-hydrogen) atoms. The van der Waals surface area contributed by atoms with Crippen LogP contribution in [0.5, 0.6) is 0 Å². The summed E-state index contributed by atoms with van der Waals surface area (Å²) in [6.45, 7) is 4.53. The molecule has 0 aliphatic carbocycles. The lowest BCUT2D eigenvalue weighted by atomic mass is 10.1. The minimum atomic E-state index is -0.508. The first-order chi connectivity index (χ1) is 8.04. The standard InChI is InChI=1S/C12H16O5/c1-4-10-5-6-11(17-10)8(2)12(14)16-7-15-9(3)13/h5-6,8H,4,7H2,1-3H3. The molecule has 0 fully saturated rings. The fourth-order valence-corrected chi connectivity index (χ4v) is 1.23. The summed E-state index contributed by atoms with van der Waals surface area (Å²) in [4.78, 5) is 22.0. The molecule has 5 heteroatoms. The molecular formula is C12H16O5. The maximum Gasteiger partial charge on any atom is 0.319 e. The normalized spacial score (nSPS) is 11.9. The Morgan fingerprint density at radius 1 is 1.35 bits per heavy atom. The van der Waals surface area contributed by atoms with Crippen LogP contribution in [0.2, 0.25) is 0 Å². The Bertz CT molecular complexity index is 393. The van der Waals surface area contributed by atoms with E-state index in [2.05, 4.69) is 4.74 Å². The zero-order chi connectivity index (χ0) is 12.8. The van der Waals surface area contributed by atoms with E-state index in [1.807, 2.05) is 13.0 Å². The summed E-state index contributed by atoms with van der Waals surface area (Å²) in [6.07, 6.45) is 0.773. The Balaban J connectivity index is 2.48. The highest BCUT2D eigenvalue weighted by molar-refractivity contribution is 5.76. The molecular weight excluding hydrogens is 224 g/mol. The monoisotopic (exact) mass is 240 g/mol. The topological polar surface area (TPSA) is 65.7 Å². The first-order valence-electron chi connectivity index (χ1n) is 5.43. The van der Waals surface area contributed by atoms with Gasteiger partial charge in [0.05, 0.1) is 0 Å². The number of rotatable bonds is 5. The average Bonchev–Trinajstić information content (AvgIpc) is 2.75. The number of hydrogen-bond acceptors (Lipinski definition) is 5. The quantitative estimate of drug-likeness (QED) is 0.581. The van der Waals surface area contributed by atoms with Gasteiger partial charge < -0.3 is 13.9 Å². The van der Waals surface area contributed by atoms with E-state index in [1.165, 1.54) is 6.92 Å². The smallest absolute Gasteiger partial charge is 0.319 e. The third-order valence-electron chi connectivity index (χ3n) is 2.27. The fraction of sp³-hybridized carbons (Fsp3) is 0.500. The Hall–Kier alpha value is -1.78. The van der Waals surface area contributed by atoms with E-state index in [0.717, 1.165) is 12.2 Å². The zero-order valence-electron chi connectivity index (χ0n) is 10.2. The van der Waals surface area contributed by atoms with Crippen molar-refractivity contribution in [2.24, 2.45) is 0 Å². The van der Waals surface area contributed by atoms with E-state index in [0.29, 0.717) is 5.76 Å². The van der Waals surface area contributed by atoms with E-state index < -0.39 is 17.9 Å². The van der Waals surface area contributed by atoms with Crippen LogP contribution in [0.15, 0.2) is 16.5 Å². The van der Waals surface area contributed by atoms with Crippen molar-refractivity contribution in [2.75, 3.05) is 6.79 Å². The molecule has 0 radical (unpaired) electrons. The van der Waals surface area contributed by atoms with E-state index >= 15 is 0 Å². The van der Waals surface area contributed by atoms with Gasteiger partial charge in [-0.1, -0.05) is 6.92 Å². The molecule has 0 aliphatic heterocycles. The average molecular weight is 240 g/mol. The van der Waals surface area contributed by atoms with Gasteiger partial charge in [0.2, 0.25) is 6.79 Å². The summed E-state index contributed by atoms with van der Waals surface area (Å²) >= 11 is 0. The minimum Gasteiger partial charge on any atom is -0.465 e. The van der Waals surface area contributed by atoms with E-state index in [1.54, 1.807) is 13.0 Å². The molecule has 0 aromatic carbocycles. The lowest BCUT2D eigenvalue weighted by molar-refractivity contribution is -0.166.